The number of phenolic OH excluding ortho intramolecular Hbond substituents is 1. The zero-order valence-corrected chi connectivity index (χ0v) is 18.1. The van der Waals surface area contributed by atoms with Crippen LogP contribution in [0.2, 0.25) is 0 Å². The third kappa shape index (κ3) is 5.84. The SMILES string of the molecule is O=C(NC(=NC1CC(c2ccc(O)c(F)c2)NN1)NC1CCCC1)c1ccc(C(F)(F)F)cc1. The van der Waals surface area contributed by atoms with E-state index in [-0.39, 0.29) is 23.6 Å². The Morgan fingerprint density at radius 1 is 1.06 bits per heavy atom. The molecule has 2 aromatic rings. The summed E-state index contributed by atoms with van der Waals surface area (Å²) in [5.74, 6) is -1.52. The van der Waals surface area contributed by atoms with Gasteiger partial charge in [-0.1, -0.05) is 18.9 Å². The van der Waals surface area contributed by atoms with E-state index in [4.69, 9.17) is 0 Å². The van der Waals surface area contributed by atoms with Gasteiger partial charge in [-0.15, -0.1) is 0 Å². The van der Waals surface area contributed by atoms with Gasteiger partial charge in [0.15, 0.2) is 17.5 Å². The van der Waals surface area contributed by atoms with Crippen molar-refractivity contribution in [3.05, 3.63) is 65.0 Å². The van der Waals surface area contributed by atoms with Gasteiger partial charge in [0.05, 0.1) is 5.56 Å². The average molecular weight is 479 g/mol. The molecule has 5 N–H and O–H groups in total. The van der Waals surface area contributed by atoms with Crippen molar-refractivity contribution in [2.45, 2.75) is 56.5 Å². The molecule has 1 aliphatic heterocycles. The van der Waals surface area contributed by atoms with Crippen molar-refractivity contribution in [2.24, 2.45) is 4.99 Å². The van der Waals surface area contributed by atoms with Gasteiger partial charge >= 0.3 is 6.18 Å². The fourth-order valence-corrected chi connectivity index (χ4v) is 4.10. The van der Waals surface area contributed by atoms with E-state index in [1.807, 2.05) is 0 Å². The lowest BCUT2D eigenvalue weighted by Gasteiger charge is -2.18. The van der Waals surface area contributed by atoms with Crippen molar-refractivity contribution in [1.29, 1.82) is 0 Å². The summed E-state index contributed by atoms with van der Waals surface area (Å²) >= 11 is 0. The number of nitrogens with zero attached hydrogens (tertiary/aromatic N) is 1. The van der Waals surface area contributed by atoms with E-state index in [0.29, 0.717) is 12.0 Å². The molecule has 2 aromatic carbocycles. The highest BCUT2D eigenvalue weighted by atomic mass is 19.4. The molecular weight excluding hydrogens is 454 g/mol. The maximum absolute atomic E-state index is 13.7. The number of carbonyl (C=O) groups excluding carboxylic acids is 1. The molecule has 2 fully saturated rings. The first-order chi connectivity index (χ1) is 16.2. The fourth-order valence-electron chi connectivity index (χ4n) is 4.10. The van der Waals surface area contributed by atoms with Crippen molar-refractivity contribution in [3.8, 4) is 5.75 Å². The van der Waals surface area contributed by atoms with Crippen molar-refractivity contribution >= 4 is 11.9 Å². The second-order valence-corrected chi connectivity index (χ2v) is 8.44. The van der Waals surface area contributed by atoms with Crippen LogP contribution in [0.25, 0.3) is 0 Å². The van der Waals surface area contributed by atoms with Gasteiger partial charge < -0.3 is 10.4 Å². The van der Waals surface area contributed by atoms with Crippen molar-refractivity contribution in [1.82, 2.24) is 21.5 Å². The number of halogens is 4. The number of hydrazine groups is 1. The van der Waals surface area contributed by atoms with Gasteiger partial charge in [0.2, 0.25) is 0 Å². The number of carbonyl (C=O) groups is 1. The van der Waals surface area contributed by atoms with Crippen LogP contribution in [-0.4, -0.2) is 29.2 Å². The predicted molar refractivity (Wildman–Crippen MR) is 117 cm³/mol. The summed E-state index contributed by atoms with van der Waals surface area (Å²) in [5.41, 5.74) is 5.88. The molecule has 182 valence electrons. The monoisotopic (exact) mass is 479 g/mol. The number of benzene rings is 2. The number of nitrogens with one attached hydrogen (secondary N) is 4. The molecule has 0 radical (unpaired) electrons. The Balaban J connectivity index is 1.47. The molecular formula is C23H25F4N5O2. The number of aromatic hydroxyl groups is 1. The molecule has 0 spiro atoms. The van der Waals surface area contributed by atoms with Crippen molar-refractivity contribution < 1.29 is 27.5 Å². The highest BCUT2D eigenvalue weighted by molar-refractivity contribution is 6.05. The van der Waals surface area contributed by atoms with Crippen molar-refractivity contribution in [2.75, 3.05) is 0 Å². The Morgan fingerprint density at radius 3 is 2.41 bits per heavy atom. The van der Waals surface area contributed by atoms with Crippen LogP contribution in [0.5, 0.6) is 5.75 Å². The molecule has 11 heteroatoms. The summed E-state index contributed by atoms with van der Waals surface area (Å²) in [6, 6.07) is 7.94. The van der Waals surface area contributed by atoms with Crippen LogP contribution in [0.1, 0.15) is 59.6 Å². The summed E-state index contributed by atoms with van der Waals surface area (Å²) in [6.07, 6.45) is -0.564. The molecule has 2 aliphatic rings. The molecule has 1 aliphatic carbocycles. The average Bonchev–Trinajstić information content (AvgIpc) is 3.47. The Hall–Kier alpha value is -3.18. The van der Waals surface area contributed by atoms with Crippen LogP contribution >= 0.6 is 0 Å². The van der Waals surface area contributed by atoms with Gasteiger partial charge in [-0.2, -0.15) is 13.2 Å². The number of amides is 1. The standard InChI is InChI=1S/C23H25F4N5O2/c24-17-11-14(7-10-19(17)33)18-12-20(32-31-18)29-22(28-16-3-1-2-4-16)30-21(34)13-5-8-15(9-6-13)23(25,26)27/h5-11,16,18,20,31-33H,1-4,12H2,(H2,28,29,30,34). The van der Waals surface area contributed by atoms with E-state index >= 15 is 0 Å². The summed E-state index contributed by atoms with van der Waals surface area (Å²) in [4.78, 5) is 17.3. The topological polar surface area (TPSA) is 97.8 Å². The minimum absolute atomic E-state index is 0.0730. The Labute approximate surface area is 193 Å². The molecule has 1 heterocycles. The van der Waals surface area contributed by atoms with Gasteiger partial charge in [-0.3, -0.25) is 10.1 Å². The number of guanidine groups is 1. The van der Waals surface area contributed by atoms with Crippen LogP contribution in [0.4, 0.5) is 17.6 Å². The number of hydrogen-bond acceptors (Lipinski definition) is 5. The molecule has 0 aromatic heterocycles. The first-order valence-electron chi connectivity index (χ1n) is 11.0. The van der Waals surface area contributed by atoms with E-state index in [2.05, 4.69) is 26.5 Å². The molecule has 1 saturated carbocycles. The molecule has 34 heavy (non-hydrogen) atoms. The lowest BCUT2D eigenvalue weighted by molar-refractivity contribution is -0.137. The molecule has 0 bridgehead atoms. The summed E-state index contributed by atoms with van der Waals surface area (Å²) < 4.78 is 52.1. The zero-order valence-electron chi connectivity index (χ0n) is 18.1. The van der Waals surface area contributed by atoms with Crippen LogP contribution in [0.15, 0.2) is 47.5 Å². The van der Waals surface area contributed by atoms with E-state index in [1.54, 1.807) is 6.07 Å². The van der Waals surface area contributed by atoms with E-state index < -0.39 is 35.4 Å². The van der Waals surface area contributed by atoms with Gasteiger partial charge in [-0.05, 0) is 54.8 Å². The first kappa shape index (κ1) is 24.0. The minimum Gasteiger partial charge on any atom is -0.505 e. The van der Waals surface area contributed by atoms with Gasteiger partial charge in [-0.25, -0.2) is 20.2 Å². The Kier molecular flexibility index (Phi) is 7.03. The molecule has 1 saturated heterocycles. The third-order valence-corrected chi connectivity index (χ3v) is 5.94. The van der Waals surface area contributed by atoms with E-state index in [1.165, 1.54) is 12.1 Å². The Morgan fingerprint density at radius 2 is 1.76 bits per heavy atom. The number of alkyl halides is 3. The maximum atomic E-state index is 13.7. The van der Waals surface area contributed by atoms with Crippen LogP contribution in [0, 0.1) is 5.82 Å². The summed E-state index contributed by atoms with van der Waals surface area (Å²) in [5, 5.41) is 15.3. The van der Waals surface area contributed by atoms with Gasteiger partial charge in [0.25, 0.3) is 5.91 Å². The van der Waals surface area contributed by atoms with Crippen molar-refractivity contribution in [3.63, 3.8) is 0 Å². The molecule has 2 unspecified atom stereocenters. The number of aliphatic imine (C=N–C) groups is 1. The predicted octanol–water partition coefficient (Wildman–Crippen LogP) is 3.73. The maximum Gasteiger partial charge on any atom is 0.416 e. The number of rotatable bonds is 4. The molecule has 2 atom stereocenters. The Bertz CT molecular complexity index is 1050. The summed E-state index contributed by atoms with van der Waals surface area (Å²) in [7, 11) is 0. The first-order valence-corrected chi connectivity index (χ1v) is 11.0. The number of phenols is 1. The van der Waals surface area contributed by atoms with Crippen LogP contribution in [0.3, 0.4) is 0 Å². The normalized spacial score (nSPS) is 21.6. The van der Waals surface area contributed by atoms with Crippen LogP contribution < -0.4 is 21.5 Å². The smallest absolute Gasteiger partial charge is 0.416 e. The minimum atomic E-state index is -4.48. The summed E-state index contributed by atoms with van der Waals surface area (Å²) in [6.45, 7) is 0. The largest absolute Gasteiger partial charge is 0.505 e. The lowest BCUT2D eigenvalue weighted by atomic mass is 10.0. The lowest BCUT2D eigenvalue weighted by Crippen LogP contribution is -2.46. The molecule has 1 amide bonds. The molecule has 4 rings (SSSR count). The fraction of sp³-hybridized carbons (Fsp3) is 0.391. The highest BCUT2D eigenvalue weighted by Crippen LogP contribution is 2.29. The van der Waals surface area contributed by atoms with Crippen LogP contribution in [-0.2, 0) is 6.18 Å². The number of hydrogen-bond donors (Lipinski definition) is 5. The second-order valence-electron chi connectivity index (χ2n) is 8.44. The molecule has 7 nitrogen and oxygen atoms in total. The van der Waals surface area contributed by atoms with Gasteiger partial charge in [0, 0.05) is 24.1 Å². The van der Waals surface area contributed by atoms with E-state index in [9.17, 15) is 27.5 Å². The third-order valence-electron chi connectivity index (χ3n) is 5.94. The van der Waals surface area contributed by atoms with E-state index in [0.717, 1.165) is 49.9 Å². The zero-order chi connectivity index (χ0) is 24.3. The second kappa shape index (κ2) is 9.98. The quantitative estimate of drug-likeness (QED) is 0.262. The highest BCUT2D eigenvalue weighted by Gasteiger charge is 2.30. The van der Waals surface area contributed by atoms with Gasteiger partial charge in [0.1, 0.15) is 6.17 Å².